The molecule has 4 nitrogen and oxygen atoms in total. The predicted molar refractivity (Wildman–Crippen MR) is 77.8 cm³/mol. The van der Waals surface area contributed by atoms with Crippen LogP contribution in [-0.2, 0) is 11.0 Å². The molecule has 1 aliphatic heterocycles. The topological polar surface area (TPSA) is 45.2 Å². The minimum absolute atomic E-state index is 0.0306. The van der Waals surface area contributed by atoms with Crippen LogP contribution in [0.2, 0.25) is 0 Å². The van der Waals surface area contributed by atoms with E-state index < -0.39 is 30.6 Å². The van der Waals surface area contributed by atoms with Crippen molar-refractivity contribution in [2.45, 2.75) is 31.9 Å². The lowest BCUT2D eigenvalue weighted by Crippen LogP contribution is -2.38. The van der Waals surface area contributed by atoms with E-state index in [2.05, 4.69) is 10.3 Å². The van der Waals surface area contributed by atoms with Crippen LogP contribution in [0.15, 0.2) is 18.3 Å². The van der Waals surface area contributed by atoms with Crippen LogP contribution in [0.3, 0.4) is 0 Å². The smallest absolute Gasteiger partial charge is 0.356 e. The highest BCUT2D eigenvalue weighted by atomic mass is 19.4. The minimum atomic E-state index is -4.48. The highest BCUT2D eigenvalue weighted by Gasteiger charge is 2.36. The quantitative estimate of drug-likeness (QED) is 0.830. The Kier molecular flexibility index (Phi) is 5.95. The van der Waals surface area contributed by atoms with Gasteiger partial charge in [0.25, 0.3) is 6.43 Å². The number of carbonyl (C=O) groups excluding carboxylic acids is 1. The second kappa shape index (κ2) is 7.76. The SMILES string of the molecule is O=C(CC1CCN(c2ncccc2C(F)(F)F)CC1)NCC(F)F. The number of pyridine rings is 1. The molecule has 1 amide bonds. The van der Waals surface area contributed by atoms with Crippen molar-refractivity contribution in [3.63, 3.8) is 0 Å². The molecule has 1 aliphatic rings. The van der Waals surface area contributed by atoms with Crippen LogP contribution in [0.4, 0.5) is 27.8 Å². The molecule has 0 radical (unpaired) electrons. The molecule has 1 fully saturated rings. The number of nitrogens with one attached hydrogen (secondary N) is 1. The van der Waals surface area contributed by atoms with Gasteiger partial charge in [0.15, 0.2) is 0 Å². The number of halogens is 5. The summed E-state index contributed by atoms with van der Waals surface area (Å²) in [5.41, 5.74) is -0.780. The van der Waals surface area contributed by atoms with Gasteiger partial charge in [-0.2, -0.15) is 13.2 Å². The molecule has 9 heteroatoms. The fourth-order valence-corrected chi connectivity index (χ4v) is 2.74. The first-order valence-corrected chi connectivity index (χ1v) is 7.59. The number of nitrogens with zero attached hydrogens (tertiary/aromatic N) is 2. The van der Waals surface area contributed by atoms with Gasteiger partial charge in [-0.25, -0.2) is 13.8 Å². The first-order valence-electron chi connectivity index (χ1n) is 7.59. The monoisotopic (exact) mass is 351 g/mol. The summed E-state index contributed by atoms with van der Waals surface area (Å²) in [5.74, 6) is -0.592. The van der Waals surface area contributed by atoms with Gasteiger partial charge in [0, 0.05) is 25.7 Å². The number of aromatic nitrogens is 1. The Hall–Kier alpha value is -1.93. The summed E-state index contributed by atoms with van der Waals surface area (Å²) in [7, 11) is 0. The highest BCUT2D eigenvalue weighted by molar-refractivity contribution is 5.76. The van der Waals surface area contributed by atoms with Gasteiger partial charge in [0.2, 0.25) is 5.91 Å². The van der Waals surface area contributed by atoms with Crippen LogP contribution < -0.4 is 10.2 Å². The third-order valence-corrected chi connectivity index (χ3v) is 3.93. The average molecular weight is 351 g/mol. The summed E-state index contributed by atoms with van der Waals surface area (Å²) in [4.78, 5) is 16.9. The summed E-state index contributed by atoms with van der Waals surface area (Å²) in [6, 6.07) is 2.23. The zero-order valence-electron chi connectivity index (χ0n) is 12.8. The predicted octanol–water partition coefficient (Wildman–Crippen LogP) is 3.09. The van der Waals surface area contributed by atoms with Gasteiger partial charge in [-0.05, 0) is 30.9 Å². The van der Waals surface area contributed by atoms with Crippen LogP contribution in [0.25, 0.3) is 0 Å². The Bertz CT molecular complexity index is 556. The van der Waals surface area contributed by atoms with E-state index in [-0.39, 0.29) is 18.2 Å². The molecule has 0 aromatic carbocycles. The van der Waals surface area contributed by atoms with Gasteiger partial charge in [0.1, 0.15) is 5.82 Å². The number of piperidine rings is 1. The number of rotatable bonds is 5. The molecular formula is C15H18F5N3O. The van der Waals surface area contributed by atoms with Gasteiger partial charge in [-0.1, -0.05) is 0 Å². The maximum atomic E-state index is 13.0. The number of hydrogen-bond acceptors (Lipinski definition) is 3. The van der Waals surface area contributed by atoms with E-state index >= 15 is 0 Å². The number of carbonyl (C=O) groups is 1. The van der Waals surface area contributed by atoms with Crippen molar-refractivity contribution in [2.75, 3.05) is 24.5 Å². The zero-order valence-corrected chi connectivity index (χ0v) is 12.8. The molecule has 1 N–H and O–H groups in total. The largest absolute Gasteiger partial charge is 0.419 e. The maximum Gasteiger partial charge on any atom is 0.419 e. The van der Waals surface area contributed by atoms with E-state index in [0.717, 1.165) is 6.07 Å². The number of amides is 1. The Balaban J connectivity index is 1.91. The summed E-state index contributed by atoms with van der Waals surface area (Å²) in [6.07, 6.45) is -4.63. The van der Waals surface area contributed by atoms with E-state index in [1.165, 1.54) is 12.3 Å². The van der Waals surface area contributed by atoms with Gasteiger partial charge in [0.05, 0.1) is 12.1 Å². The molecule has 0 spiro atoms. The van der Waals surface area contributed by atoms with Crippen LogP contribution in [-0.4, -0.2) is 37.0 Å². The Morgan fingerprint density at radius 1 is 1.33 bits per heavy atom. The van der Waals surface area contributed by atoms with E-state index in [9.17, 15) is 26.7 Å². The maximum absolute atomic E-state index is 13.0. The van der Waals surface area contributed by atoms with Crippen molar-refractivity contribution < 1.29 is 26.7 Å². The van der Waals surface area contributed by atoms with E-state index in [0.29, 0.717) is 25.9 Å². The number of hydrogen-bond donors (Lipinski definition) is 1. The van der Waals surface area contributed by atoms with Crippen molar-refractivity contribution in [3.05, 3.63) is 23.9 Å². The standard InChI is InChI=1S/C15H18F5N3O/c16-12(17)9-22-13(24)8-10-3-6-23(7-4-10)14-11(15(18,19)20)2-1-5-21-14/h1-2,5,10,12H,3-4,6-9H2,(H,22,24). The number of anilines is 1. The first kappa shape index (κ1) is 18.4. The van der Waals surface area contributed by atoms with Crippen LogP contribution in [0.5, 0.6) is 0 Å². The summed E-state index contributed by atoms with van der Waals surface area (Å²) in [5, 5.41) is 2.14. The Morgan fingerprint density at radius 3 is 2.58 bits per heavy atom. The van der Waals surface area contributed by atoms with Gasteiger partial charge >= 0.3 is 6.18 Å². The van der Waals surface area contributed by atoms with E-state index in [1.807, 2.05) is 0 Å². The summed E-state index contributed by atoms with van der Waals surface area (Å²) >= 11 is 0. The fourth-order valence-electron chi connectivity index (χ4n) is 2.74. The molecule has 0 unspecified atom stereocenters. The lowest BCUT2D eigenvalue weighted by Gasteiger charge is -2.33. The van der Waals surface area contributed by atoms with Gasteiger partial charge < -0.3 is 10.2 Å². The molecule has 1 saturated heterocycles. The Morgan fingerprint density at radius 2 is 2.00 bits per heavy atom. The Labute approximate surface area is 136 Å². The minimum Gasteiger partial charge on any atom is -0.356 e. The average Bonchev–Trinajstić information content (AvgIpc) is 2.53. The lowest BCUT2D eigenvalue weighted by molar-refractivity contribution is -0.137. The molecule has 1 aromatic rings. The third-order valence-electron chi connectivity index (χ3n) is 3.93. The second-order valence-electron chi connectivity index (χ2n) is 5.70. The van der Waals surface area contributed by atoms with Crippen molar-refractivity contribution in [3.8, 4) is 0 Å². The summed E-state index contributed by atoms with van der Waals surface area (Å²) in [6.45, 7) is 0.000328. The first-order chi connectivity index (χ1) is 11.3. The highest BCUT2D eigenvalue weighted by Crippen LogP contribution is 2.36. The van der Waals surface area contributed by atoms with Crippen molar-refractivity contribution in [1.82, 2.24) is 10.3 Å². The molecule has 2 rings (SSSR count). The second-order valence-corrected chi connectivity index (χ2v) is 5.70. The van der Waals surface area contributed by atoms with E-state index in [4.69, 9.17) is 0 Å². The van der Waals surface area contributed by atoms with Crippen LogP contribution >= 0.6 is 0 Å². The van der Waals surface area contributed by atoms with Gasteiger partial charge in [-0.15, -0.1) is 0 Å². The molecule has 0 aliphatic carbocycles. The van der Waals surface area contributed by atoms with Gasteiger partial charge in [-0.3, -0.25) is 4.79 Å². The summed E-state index contributed by atoms with van der Waals surface area (Å²) < 4.78 is 63.1. The molecule has 1 aromatic heterocycles. The zero-order chi connectivity index (χ0) is 17.7. The van der Waals surface area contributed by atoms with E-state index in [1.54, 1.807) is 4.90 Å². The molecule has 0 saturated carbocycles. The molecular weight excluding hydrogens is 333 g/mol. The molecule has 24 heavy (non-hydrogen) atoms. The van der Waals surface area contributed by atoms with Crippen molar-refractivity contribution in [1.29, 1.82) is 0 Å². The van der Waals surface area contributed by atoms with Crippen LogP contribution in [0.1, 0.15) is 24.8 Å². The fraction of sp³-hybridized carbons (Fsp3) is 0.600. The molecule has 2 heterocycles. The number of alkyl halides is 5. The molecule has 0 bridgehead atoms. The lowest BCUT2D eigenvalue weighted by atomic mass is 9.93. The van der Waals surface area contributed by atoms with Crippen molar-refractivity contribution >= 4 is 11.7 Å². The van der Waals surface area contributed by atoms with Crippen molar-refractivity contribution in [2.24, 2.45) is 5.92 Å². The normalized spacial score (nSPS) is 16.5. The molecule has 0 atom stereocenters. The molecule has 134 valence electrons. The third kappa shape index (κ3) is 5.04. The van der Waals surface area contributed by atoms with Crippen LogP contribution in [0, 0.1) is 5.92 Å².